The molecule has 1 N–H and O–H groups in total. The van der Waals surface area contributed by atoms with Gasteiger partial charge in [0.1, 0.15) is 23.6 Å². The van der Waals surface area contributed by atoms with Crippen molar-refractivity contribution >= 4 is 26.7 Å². The van der Waals surface area contributed by atoms with E-state index in [9.17, 15) is 12.8 Å². The van der Waals surface area contributed by atoms with Crippen molar-refractivity contribution in [3.8, 4) is 11.5 Å². The molecule has 0 unspecified atom stereocenters. The standard InChI is InChI=1S/C17H16FN3O4S2/c1-24-14-5-3-11(15(9-14)25-2)7-12-8-13(18)4-6-16(12)27(22,23)21-17-19-10-20-26-17/h3-6,8-10H,7H2,1-2H3,(H,19,20,21). The van der Waals surface area contributed by atoms with E-state index in [-0.39, 0.29) is 22.0 Å². The molecule has 3 aromatic rings. The molecule has 0 atom stereocenters. The fourth-order valence-electron chi connectivity index (χ4n) is 2.54. The van der Waals surface area contributed by atoms with E-state index >= 15 is 0 Å². The number of hydrogen-bond donors (Lipinski definition) is 1. The minimum atomic E-state index is -3.96. The van der Waals surface area contributed by atoms with Crippen LogP contribution in [0.15, 0.2) is 47.6 Å². The molecule has 1 heterocycles. The van der Waals surface area contributed by atoms with Gasteiger partial charge in [-0.3, -0.25) is 4.72 Å². The van der Waals surface area contributed by atoms with Crippen LogP contribution >= 0.6 is 11.5 Å². The quantitative estimate of drug-likeness (QED) is 0.645. The Morgan fingerprint density at radius 3 is 2.59 bits per heavy atom. The highest BCUT2D eigenvalue weighted by molar-refractivity contribution is 7.93. The van der Waals surface area contributed by atoms with Crippen LogP contribution in [0.3, 0.4) is 0 Å². The molecule has 10 heteroatoms. The van der Waals surface area contributed by atoms with Gasteiger partial charge in [0.05, 0.1) is 19.1 Å². The summed E-state index contributed by atoms with van der Waals surface area (Å²) in [6.45, 7) is 0. The van der Waals surface area contributed by atoms with Crippen LogP contribution in [0, 0.1) is 5.82 Å². The predicted molar refractivity (Wildman–Crippen MR) is 99.5 cm³/mol. The number of nitrogens with zero attached hydrogens (tertiary/aromatic N) is 2. The van der Waals surface area contributed by atoms with Crippen molar-refractivity contribution in [1.29, 1.82) is 0 Å². The minimum Gasteiger partial charge on any atom is -0.497 e. The first-order valence-electron chi connectivity index (χ1n) is 7.72. The Hall–Kier alpha value is -2.72. The first-order chi connectivity index (χ1) is 12.9. The number of sulfonamides is 1. The zero-order chi connectivity index (χ0) is 19.4. The summed E-state index contributed by atoms with van der Waals surface area (Å²) in [5.74, 6) is 0.576. The van der Waals surface area contributed by atoms with Gasteiger partial charge in [-0.15, -0.1) is 0 Å². The third-order valence-electron chi connectivity index (χ3n) is 3.77. The molecule has 27 heavy (non-hydrogen) atoms. The Kier molecular flexibility index (Phi) is 5.57. The first-order valence-corrected chi connectivity index (χ1v) is 9.97. The number of benzene rings is 2. The van der Waals surface area contributed by atoms with Crippen molar-refractivity contribution < 1.29 is 22.3 Å². The number of anilines is 1. The van der Waals surface area contributed by atoms with E-state index in [2.05, 4.69) is 14.1 Å². The van der Waals surface area contributed by atoms with E-state index in [1.165, 1.54) is 32.7 Å². The summed E-state index contributed by atoms with van der Waals surface area (Å²) in [5.41, 5.74) is 0.978. The summed E-state index contributed by atoms with van der Waals surface area (Å²) in [6.07, 6.45) is 1.40. The average molecular weight is 409 g/mol. The first kappa shape index (κ1) is 19.1. The van der Waals surface area contributed by atoms with Gasteiger partial charge >= 0.3 is 0 Å². The summed E-state index contributed by atoms with van der Waals surface area (Å²) < 4.78 is 55.9. The molecule has 0 spiro atoms. The minimum absolute atomic E-state index is 0.0445. The van der Waals surface area contributed by atoms with Gasteiger partial charge in [-0.05, 0) is 35.4 Å². The van der Waals surface area contributed by atoms with Gasteiger partial charge in [0, 0.05) is 24.0 Å². The molecule has 0 bridgehead atoms. The van der Waals surface area contributed by atoms with Crippen LogP contribution in [0.25, 0.3) is 0 Å². The maximum absolute atomic E-state index is 13.8. The number of ether oxygens (including phenoxy) is 2. The van der Waals surface area contributed by atoms with Gasteiger partial charge in [0.25, 0.3) is 10.0 Å². The molecule has 2 aromatic carbocycles. The number of methoxy groups -OCH3 is 2. The Bertz CT molecular complexity index is 1040. The molecule has 0 saturated heterocycles. The highest BCUT2D eigenvalue weighted by Crippen LogP contribution is 2.29. The Morgan fingerprint density at radius 2 is 1.93 bits per heavy atom. The number of rotatable bonds is 7. The molecule has 1 aromatic heterocycles. The van der Waals surface area contributed by atoms with Crippen molar-refractivity contribution in [2.75, 3.05) is 18.9 Å². The van der Waals surface area contributed by atoms with Crippen molar-refractivity contribution in [1.82, 2.24) is 9.36 Å². The second-order valence-corrected chi connectivity index (χ2v) is 7.89. The summed E-state index contributed by atoms with van der Waals surface area (Å²) in [5, 5.41) is 0.132. The van der Waals surface area contributed by atoms with Crippen LogP contribution < -0.4 is 14.2 Å². The van der Waals surface area contributed by atoms with Crippen LogP contribution in [0.5, 0.6) is 11.5 Å². The fourth-order valence-corrected chi connectivity index (χ4v) is 4.42. The van der Waals surface area contributed by atoms with Crippen LogP contribution in [0.2, 0.25) is 0 Å². The summed E-state index contributed by atoms with van der Waals surface area (Å²) in [4.78, 5) is 3.77. The molecule has 0 saturated carbocycles. The van der Waals surface area contributed by atoms with Crippen molar-refractivity contribution in [2.45, 2.75) is 11.3 Å². The molecule has 142 valence electrons. The lowest BCUT2D eigenvalue weighted by molar-refractivity contribution is 0.391. The highest BCUT2D eigenvalue weighted by Gasteiger charge is 2.21. The van der Waals surface area contributed by atoms with E-state index < -0.39 is 15.8 Å². The maximum Gasteiger partial charge on any atom is 0.263 e. The summed E-state index contributed by atoms with van der Waals surface area (Å²) in [7, 11) is -0.926. The predicted octanol–water partition coefficient (Wildman–Crippen LogP) is 3.09. The molecule has 0 amide bonds. The van der Waals surface area contributed by atoms with E-state index in [0.717, 1.165) is 17.6 Å². The third kappa shape index (κ3) is 4.34. The molecule has 0 aliphatic carbocycles. The molecular weight excluding hydrogens is 393 g/mol. The van der Waals surface area contributed by atoms with Gasteiger partial charge in [-0.25, -0.2) is 17.8 Å². The van der Waals surface area contributed by atoms with Crippen LogP contribution in [-0.2, 0) is 16.4 Å². The molecule has 0 aliphatic rings. The SMILES string of the molecule is COc1ccc(Cc2cc(F)ccc2S(=O)(=O)Nc2ncns2)c(OC)c1. The Balaban J connectivity index is 2.00. The van der Waals surface area contributed by atoms with E-state index in [1.807, 2.05) is 0 Å². The Labute approximate surface area is 160 Å². The van der Waals surface area contributed by atoms with Gasteiger partial charge in [-0.2, -0.15) is 4.37 Å². The van der Waals surface area contributed by atoms with E-state index in [0.29, 0.717) is 17.1 Å². The average Bonchev–Trinajstić information content (AvgIpc) is 3.14. The largest absolute Gasteiger partial charge is 0.497 e. The lowest BCUT2D eigenvalue weighted by Gasteiger charge is -2.14. The van der Waals surface area contributed by atoms with Crippen molar-refractivity contribution in [3.05, 3.63) is 59.7 Å². The number of nitrogens with one attached hydrogen (secondary N) is 1. The van der Waals surface area contributed by atoms with Gasteiger partial charge in [0.15, 0.2) is 0 Å². The lowest BCUT2D eigenvalue weighted by atomic mass is 10.0. The second kappa shape index (κ2) is 7.89. The maximum atomic E-state index is 13.8. The van der Waals surface area contributed by atoms with E-state index in [1.54, 1.807) is 18.2 Å². The summed E-state index contributed by atoms with van der Waals surface area (Å²) >= 11 is 0.908. The summed E-state index contributed by atoms with van der Waals surface area (Å²) in [6, 6.07) is 8.68. The monoisotopic (exact) mass is 409 g/mol. The van der Waals surface area contributed by atoms with Crippen LogP contribution in [0.4, 0.5) is 9.52 Å². The van der Waals surface area contributed by atoms with Crippen molar-refractivity contribution in [3.63, 3.8) is 0 Å². The smallest absolute Gasteiger partial charge is 0.263 e. The second-order valence-electron chi connectivity index (χ2n) is 5.46. The molecule has 0 aliphatic heterocycles. The molecular formula is C17H16FN3O4S2. The van der Waals surface area contributed by atoms with E-state index in [4.69, 9.17) is 9.47 Å². The topological polar surface area (TPSA) is 90.4 Å². The highest BCUT2D eigenvalue weighted by atomic mass is 32.2. The molecule has 0 radical (unpaired) electrons. The third-order valence-corrected chi connectivity index (χ3v) is 5.92. The lowest BCUT2D eigenvalue weighted by Crippen LogP contribution is -2.15. The van der Waals surface area contributed by atoms with Crippen LogP contribution in [0.1, 0.15) is 11.1 Å². The molecule has 3 rings (SSSR count). The normalized spacial score (nSPS) is 11.2. The van der Waals surface area contributed by atoms with Crippen molar-refractivity contribution in [2.24, 2.45) is 0 Å². The molecule has 7 nitrogen and oxygen atoms in total. The Morgan fingerprint density at radius 1 is 1.11 bits per heavy atom. The molecule has 0 fully saturated rings. The number of aromatic nitrogens is 2. The zero-order valence-electron chi connectivity index (χ0n) is 14.5. The van der Waals surface area contributed by atoms with Crippen LogP contribution in [-0.4, -0.2) is 32.0 Å². The van der Waals surface area contributed by atoms with Gasteiger partial charge < -0.3 is 9.47 Å². The van der Waals surface area contributed by atoms with Gasteiger partial charge in [0.2, 0.25) is 5.13 Å². The fraction of sp³-hybridized carbons (Fsp3) is 0.176. The van der Waals surface area contributed by atoms with Gasteiger partial charge in [-0.1, -0.05) is 6.07 Å². The zero-order valence-corrected chi connectivity index (χ0v) is 16.1. The number of hydrogen-bond acceptors (Lipinski definition) is 7. The number of halogens is 1.